The van der Waals surface area contributed by atoms with Crippen LogP contribution in [0.2, 0.25) is 0 Å². The lowest BCUT2D eigenvalue weighted by Gasteiger charge is -2.31. The smallest absolute Gasteiger partial charge is 0.108 e. The van der Waals surface area contributed by atoms with Gasteiger partial charge in [0.05, 0.1) is 12.8 Å². The number of piperidine rings is 1. The maximum atomic E-state index is 12.3. The van der Waals surface area contributed by atoms with Gasteiger partial charge in [-0.25, -0.2) is 4.39 Å². The summed E-state index contributed by atoms with van der Waals surface area (Å²) in [6.07, 6.45) is 4.04. The van der Waals surface area contributed by atoms with Gasteiger partial charge in [-0.15, -0.1) is 5.10 Å². The van der Waals surface area contributed by atoms with E-state index in [1.165, 1.54) is 0 Å². The molecule has 1 aliphatic heterocycles. The van der Waals surface area contributed by atoms with E-state index in [4.69, 9.17) is 5.11 Å². The Balaban J connectivity index is 1.85. The Morgan fingerprint density at radius 1 is 1.53 bits per heavy atom. The number of aromatic nitrogens is 3. The number of rotatable bonds is 5. The summed E-state index contributed by atoms with van der Waals surface area (Å²) in [5.41, 5.74) is 0.599. The molecule has 6 heteroatoms. The quantitative estimate of drug-likeness (QED) is 0.814. The van der Waals surface area contributed by atoms with E-state index in [2.05, 4.69) is 15.2 Å². The fourth-order valence-electron chi connectivity index (χ4n) is 2.39. The second kappa shape index (κ2) is 6.07. The molecule has 0 amide bonds. The monoisotopic (exact) mass is 242 g/mol. The Hall–Kier alpha value is -1.01. The van der Waals surface area contributed by atoms with E-state index in [1.807, 2.05) is 0 Å². The van der Waals surface area contributed by atoms with E-state index in [9.17, 15) is 4.39 Å². The first-order valence-electron chi connectivity index (χ1n) is 6.10. The van der Waals surface area contributed by atoms with E-state index in [0.717, 1.165) is 32.5 Å². The Morgan fingerprint density at radius 2 is 2.41 bits per heavy atom. The topological polar surface area (TPSA) is 54.2 Å². The molecule has 0 unspecified atom stereocenters. The van der Waals surface area contributed by atoms with Crippen molar-refractivity contribution in [1.29, 1.82) is 0 Å². The molecule has 1 N–H and O–H groups in total. The molecule has 5 nitrogen and oxygen atoms in total. The molecule has 0 spiro atoms. The molecular weight excluding hydrogens is 223 g/mol. The van der Waals surface area contributed by atoms with E-state index in [-0.39, 0.29) is 13.3 Å². The second-order valence-corrected chi connectivity index (χ2v) is 4.59. The molecule has 0 aromatic carbocycles. The number of likely N-dealkylation sites (tertiary alicyclic amines) is 1. The van der Waals surface area contributed by atoms with Crippen LogP contribution in [0.4, 0.5) is 4.39 Å². The average Bonchev–Trinajstić information content (AvgIpc) is 2.78. The SMILES string of the molecule is OCc1cn(C[C@@H]2CCCN(CCF)C2)nn1. The molecule has 1 aromatic heterocycles. The van der Waals surface area contributed by atoms with Gasteiger partial charge in [0.25, 0.3) is 0 Å². The third kappa shape index (κ3) is 3.47. The normalized spacial score (nSPS) is 21.9. The van der Waals surface area contributed by atoms with Gasteiger partial charge >= 0.3 is 0 Å². The highest BCUT2D eigenvalue weighted by Gasteiger charge is 2.20. The Labute approximate surface area is 100 Å². The highest BCUT2D eigenvalue weighted by atomic mass is 19.1. The number of alkyl halides is 1. The maximum Gasteiger partial charge on any atom is 0.108 e. The van der Waals surface area contributed by atoms with Gasteiger partial charge in [-0.3, -0.25) is 4.68 Å². The van der Waals surface area contributed by atoms with Crippen LogP contribution in [0.15, 0.2) is 6.20 Å². The molecule has 1 aromatic rings. The molecule has 2 rings (SSSR count). The molecule has 1 saturated heterocycles. The maximum absolute atomic E-state index is 12.3. The van der Waals surface area contributed by atoms with Crippen LogP contribution in [0.1, 0.15) is 18.5 Å². The zero-order valence-electron chi connectivity index (χ0n) is 9.93. The van der Waals surface area contributed by atoms with Crippen LogP contribution in [-0.2, 0) is 13.2 Å². The number of aliphatic hydroxyl groups is 1. The van der Waals surface area contributed by atoms with Gasteiger partial charge in [0.15, 0.2) is 0 Å². The molecule has 2 heterocycles. The highest BCUT2D eigenvalue weighted by molar-refractivity contribution is 4.89. The number of hydrogen-bond donors (Lipinski definition) is 1. The minimum Gasteiger partial charge on any atom is -0.390 e. The standard InChI is InChI=1S/C11H19FN4O/c12-3-5-15-4-1-2-10(6-15)7-16-8-11(9-17)13-14-16/h8,10,17H,1-7,9H2/t10-/m1/s1. The predicted molar refractivity (Wildman–Crippen MR) is 61.1 cm³/mol. The summed E-state index contributed by atoms with van der Waals surface area (Å²) in [5.74, 6) is 0.503. The van der Waals surface area contributed by atoms with Crippen molar-refractivity contribution in [2.45, 2.75) is 26.0 Å². The lowest BCUT2D eigenvalue weighted by atomic mass is 9.98. The zero-order chi connectivity index (χ0) is 12.1. The first kappa shape index (κ1) is 12.4. The summed E-state index contributed by atoms with van der Waals surface area (Å²) in [7, 11) is 0. The second-order valence-electron chi connectivity index (χ2n) is 4.59. The summed E-state index contributed by atoms with van der Waals surface area (Å²) in [5, 5.41) is 16.7. The lowest BCUT2D eigenvalue weighted by molar-refractivity contribution is 0.150. The van der Waals surface area contributed by atoms with Crippen LogP contribution >= 0.6 is 0 Å². The number of halogens is 1. The minimum absolute atomic E-state index is 0.0708. The first-order valence-corrected chi connectivity index (χ1v) is 6.10. The predicted octanol–water partition coefficient (Wildman–Crippen LogP) is 0.452. The fourth-order valence-corrected chi connectivity index (χ4v) is 2.39. The molecule has 0 aliphatic carbocycles. The van der Waals surface area contributed by atoms with Crippen LogP contribution in [0.5, 0.6) is 0 Å². The molecular formula is C11H19FN4O. The van der Waals surface area contributed by atoms with E-state index >= 15 is 0 Å². The van der Waals surface area contributed by atoms with Crippen LogP contribution < -0.4 is 0 Å². The van der Waals surface area contributed by atoms with Crippen LogP contribution in [0, 0.1) is 5.92 Å². The number of hydrogen-bond acceptors (Lipinski definition) is 4. The summed E-state index contributed by atoms with van der Waals surface area (Å²) in [6.45, 7) is 2.92. The van der Waals surface area contributed by atoms with Crippen LogP contribution in [-0.4, -0.2) is 51.3 Å². The lowest BCUT2D eigenvalue weighted by Crippen LogP contribution is -2.38. The third-order valence-corrected chi connectivity index (χ3v) is 3.20. The third-order valence-electron chi connectivity index (χ3n) is 3.20. The van der Waals surface area contributed by atoms with Crippen molar-refractivity contribution in [3.63, 3.8) is 0 Å². The van der Waals surface area contributed by atoms with Crippen molar-refractivity contribution in [2.75, 3.05) is 26.3 Å². The van der Waals surface area contributed by atoms with Gasteiger partial charge in [-0.2, -0.15) is 0 Å². The minimum atomic E-state index is -0.273. The van der Waals surface area contributed by atoms with Crippen molar-refractivity contribution in [3.05, 3.63) is 11.9 Å². The summed E-state index contributed by atoms with van der Waals surface area (Å²) in [4.78, 5) is 2.16. The Kier molecular flexibility index (Phi) is 4.44. The highest BCUT2D eigenvalue weighted by Crippen LogP contribution is 2.17. The number of nitrogens with zero attached hydrogens (tertiary/aromatic N) is 4. The van der Waals surface area contributed by atoms with Gasteiger partial charge in [0, 0.05) is 19.6 Å². The molecule has 0 saturated carbocycles. The molecule has 17 heavy (non-hydrogen) atoms. The van der Waals surface area contributed by atoms with Gasteiger partial charge in [-0.1, -0.05) is 5.21 Å². The van der Waals surface area contributed by atoms with Crippen molar-refractivity contribution >= 4 is 0 Å². The average molecular weight is 242 g/mol. The molecule has 0 radical (unpaired) electrons. The first-order chi connectivity index (χ1) is 8.31. The van der Waals surface area contributed by atoms with Crippen molar-refractivity contribution < 1.29 is 9.50 Å². The Morgan fingerprint density at radius 3 is 3.12 bits per heavy atom. The fraction of sp³-hybridized carbons (Fsp3) is 0.818. The van der Waals surface area contributed by atoms with Crippen molar-refractivity contribution in [2.24, 2.45) is 5.92 Å². The van der Waals surface area contributed by atoms with Crippen LogP contribution in [0.3, 0.4) is 0 Å². The zero-order valence-corrected chi connectivity index (χ0v) is 9.93. The van der Waals surface area contributed by atoms with Crippen molar-refractivity contribution in [3.8, 4) is 0 Å². The number of aliphatic hydroxyl groups excluding tert-OH is 1. The van der Waals surface area contributed by atoms with E-state index in [0.29, 0.717) is 18.2 Å². The Bertz CT molecular complexity index is 342. The van der Waals surface area contributed by atoms with Gasteiger partial charge in [0.2, 0.25) is 0 Å². The summed E-state index contributed by atoms with van der Waals surface area (Å²) >= 11 is 0. The van der Waals surface area contributed by atoms with Gasteiger partial charge in [-0.05, 0) is 25.3 Å². The molecule has 1 aliphatic rings. The summed E-state index contributed by atoms with van der Waals surface area (Å²) < 4.78 is 14.1. The van der Waals surface area contributed by atoms with Gasteiger partial charge < -0.3 is 10.0 Å². The van der Waals surface area contributed by atoms with E-state index in [1.54, 1.807) is 10.9 Å². The molecule has 0 bridgehead atoms. The van der Waals surface area contributed by atoms with Crippen LogP contribution in [0.25, 0.3) is 0 Å². The molecule has 96 valence electrons. The van der Waals surface area contributed by atoms with Gasteiger partial charge in [0.1, 0.15) is 12.4 Å². The largest absolute Gasteiger partial charge is 0.390 e. The molecule has 1 atom stereocenters. The summed E-state index contributed by atoms with van der Waals surface area (Å²) in [6, 6.07) is 0. The van der Waals surface area contributed by atoms with Crippen molar-refractivity contribution in [1.82, 2.24) is 19.9 Å². The van der Waals surface area contributed by atoms with E-state index < -0.39 is 0 Å². The molecule has 1 fully saturated rings.